The summed E-state index contributed by atoms with van der Waals surface area (Å²) in [6.07, 6.45) is 8.75. The molecule has 0 radical (unpaired) electrons. The first-order chi connectivity index (χ1) is 14.7. The molecule has 0 bridgehead atoms. The van der Waals surface area contributed by atoms with Crippen LogP contribution < -0.4 is 5.32 Å². The maximum absolute atomic E-state index is 13.1. The van der Waals surface area contributed by atoms with Crippen LogP contribution in [-0.2, 0) is 16.6 Å². The van der Waals surface area contributed by atoms with Crippen molar-refractivity contribution in [3.8, 4) is 0 Å². The minimum absolute atomic E-state index is 0.0840. The van der Waals surface area contributed by atoms with Crippen molar-refractivity contribution in [1.82, 2.24) is 14.5 Å². The van der Waals surface area contributed by atoms with Gasteiger partial charge in [0.15, 0.2) is 0 Å². The van der Waals surface area contributed by atoms with Gasteiger partial charge in [-0.2, -0.15) is 0 Å². The first-order valence-electron chi connectivity index (χ1n) is 11.4. The van der Waals surface area contributed by atoms with Gasteiger partial charge in [0.1, 0.15) is 0 Å². The van der Waals surface area contributed by atoms with Crippen molar-refractivity contribution < 1.29 is 13.2 Å². The van der Waals surface area contributed by atoms with Crippen molar-refractivity contribution in [1.29, 1.82) is 0 Å². The predicted molar refractivity (Wildman–Crippen MR) is 126 cm³/mol. The van der Waals surface area contributed by atoms with Crippen molar-refractivity contribution >= 4 is 16.1 Å². The van der Waals surface area contributed by atoms with Gasteiger partial charge in [-0.05, 0) is 42.4 Å². The number of carbonyl (C=O) groups is 1. The lowest BCUT2D eigenvalue weighted by Gasteiger charge is -2.33. The number of sulfonamides is 1. The van der Waals surface area contributed by atoms with Crippen LogP contribution in [0.2, 0.25) is 0 Å². The van der Waals surface area contributed by atoms with Gasteiger partial charge >= 0.3 is 6.03 Å². The summed E-state index contributed by atoms with van der Waals surface area (Å²) in [6, 6.07) is 6.80. The number of carbonyl (C=O) groups excluding carboxylic acids is 1. The molecule has 1 N–H and O–H groups in total. The Morgan fingerprint density at radius 1 is 1.19 bits per heavy atom. The standard InChI is InChI=1S/C24H39N3O3S/c1-6-8-20-10-9-19(3)16-22(17-20)27(15-7-2)24(28)25-18-21-11-13-23(14-12-21)31(29,30)26(4)5/h7,11-14,19-20,22H,2,6,8-10,15-18H2,1,3-5H3,(H,25,28). The first-order valence-corrected chi connectivity index (χ1v) is 12.8. The zero-order valence-corrected chi connectivity index (χ0v) is 20.3. The molecule has 0 spiro atoms. The van der Waals surface area contributed by atoms with Gasteiger partial charge in [-0.15, -0.1) is 6.58 Å². The number of hydrogen-bond donors (Lipinski definition) is 1. The van der Waals surface area contributed by atoms with Gasteiger partial charge in [0.05, 0.1) is 4.90 Å². The number of amides is 2. The van der Waals surface area contributed by atoms with E-state index in [4.69, 9.17) is 0 Å². The number of urea groups is 1. The Balaban J connectivity index is 2.05. The molecule has 1 saturated carbocycles. The summed E-state index contributed by atoms with van der Waals surface area (Å²) < 4.78 is 25.6. The topological polar surface area (TPSA) is 69.7 Å². The van der Waals surface area contributed by atoms with E-state index in [1.165, 1.54) is 44.1 Å². The summed E-state index contributed by atoms with van der Waals surface area (Å²) in [6.45, 7) is 9.26. The van der Waals surface area contributed by atoms with Crippen molar-refractivity contribution in [2.45, 2.75) is 69.9 Å². The van der Waals surface area contributed by atoms with E-state index in [2.05, 4.69) is 25.7 Å². The molecule has 1 fully saturated rings. The molecule has 2 amide bonds. The van der Waals surface area contributed by atoms with E-state index >= 15 is 0 Å². The van der Waals surface area contributed by atoms with Crippen LogP contribution in [0.5, 0.6) is 0 Å². The molecule has 2 rings (SSSR count). The zero-order valence-electron chi connectivity index (χ0n) is 19.5. The summed E-state index contributed by atoms with van der Waals surface area (Å²) in [7, 11) is -0.430. The molecule has 3 unspecified atom stereocenters. The first kappa shape index (κ1) is 25.4. The van der Waals surface area contributed by atoms with Gasteiger partial charge in [-0.1, -0.05) is 57.7 Å². The van der Waals surface area contributed by atoms with Crippen LogP contribution in [0, 0.1) is 11.8 Å². The molecule has 0 saturated heterocycles. The molecule has 1 aromatic carbocycles. The molecule has 0 aliphatic heterocycles. The fourth-order valence-electron chi connectivity index (χ4n) is 4.43. The Hall–Kier alpha value is -1.86. The summed E-state index contributed by atoms with van der Waals surface area (Å²) in [5.41, 5.74) is 0.864. The molecule has 174 valence electrons. The number of nitrogens with zero attached hydrogens (tertiary/aromatic N) is 2. The lowest BCUT2D eigenvalue weighted by Crippen LogP contribution is -2.46. The summed E-state index contributed by atoms with van der Waals surface area (Å²) in [5.74, 6) is 1.28. The molecule has 0 heterocycles. The normalized spacial score (nSPS) is 22.0. The minimum atomic E-state index is -3.45. The van der Waals surface area contributed by atoms with E-state index < -0.39 is 10.0 Å². The maximum atomic E-state index is 13.1. The Kier molecular flexibility index (Phi) is 9.56. The fraction of sp³-hybridized carbons (Fsp3) is 0.625. The third kappa shape index (κ3) is 7.07. The van der Waals surface area contributed by atoms with Gasteiger partial charge in [0.25, 0.3) is 0 Å². The molecule has 31 heavy (non-hydrogen) atoms. The minimum Gasteiger partial charge on any atom is -0.334 e. The van der Waals surface area contributed by atoms with Crippen LogP contribution in [0.3, 0.4) is 0 Å². The average Bonchev–Trinajstić information content (AvgIpc) is 2.92. The van der Waals surface area contributed by atoms with Crippen LogP contribution >= 0.6 is 0 Å². The lowest BCUT2D eigenvalue weighted by molar-refractivity contribution is 0.163. The highest BCUT2D eigenvalue weighted by atomic mass is 32.2. The third-order valence-corrected chi connectivity index (χ3v) is 8.05. The average molecular weight is 450 g/mol. The largest absolute Gasteiger partial charge is 0.334 e. The van der Waals surface area contributed by atoms with Crippen LogP contribution in [0.4, 0.5) is 4.79 Å². The van der Waals surface area contributed by atoms with E-state index in [0.717, 1.165) is 18.4 Å². The molecule has 6 nitrogen and oxygen atoms in total. The Labute approximate surface area is 188 Å². The number of benzene rings is 1. The SMILES string of the molecule is C=CCN(C(=O)NCc1ccc(S(=O)(=O)N(C)C)cc1)C1CC(C)CCC(CCC)C1. The summed E-state index contributed by atoms with van der Waals surface area (Å²) in [4.78, 5) is 15.2. The van der Waals surface area contributed by atoms with Gasteiger partial charge in [-0.3, -0.25) is 0 Å². The molecule has 0 aromatic heterocycles. The van der Waals surface area contributed by atoms with Crippen molar-refractivity contribution in [3.05, 3.63) is 42.5 Å². The lowest BCUT2D eigenvalue weighted by atomic mass is 9.93. The van der Waals surface area contributed by atoms with Crippen molar-refractivity contribution in [2.24, 2.45) is 11.8 Å². The monoisotopic (exact) mass is 449 g/mol. The maximum Gasteiger partial charge on any atom is 0.318 e. The number of rotatable bonds is 9. The fourth-order valence-corrected chi connectivity index (χ4v) is 5.33. The third-order valence-electron chi connectivity index (χ3n) is 6.22. The Morgan fingerprint density at radius 2 is 1.87 bits per heavy atom. The summed E-state index contributed by atoms with van der Waals surface area (Å²) >= 11 is 0. The van der Waals surface area contributed by atoms with Gasteiger partial charge < -0.3 is 10.2 Å². The van der Waals surface area contributed by atoms with E-state index in [1.807, 2.05) is 4.90 Å². The van der Waals surface area contributed by atoms with Crippen LogP contribution in [0.15, 0.2) is 41.8 Å². The highest BCUT2D eigenvalue weighted by molar-refractivity contribution is 7.89. The van der Waals surface area contributed by atoms with Gasteiger partial charge in [-0.25, -0.2) is 17.5 Å². The second kappa shape index (κ2) is 11.7. The van der Waals surface area contributed by atoms with Gasteiger partial charge in [0, 0.05) is 33.2 Å². The highest BCUT2D eigenvalue weighted by Crippen LogP contribution is 2.32. The second-order valence-electron chi connectivity index (χ2n) is 8.99. The predicted octanol–water partition coefficient (Wildman–Crippen LogP) is 4.63. The van der Waals surface area contributed by atoms with E-state index in [1.54, 1.807) is 30.3 Å². The molecule has 1 aliphatic rings. The smallest absolute Gasteiger partial charge is 0.318 e. The van der Waals surface area contributed by atoms with Crippen molar-refractivity contribution in [2.75, 3.05) is 20.6 Å². The van der Waals surface area contributed by atoms with E-state index in [9.17, 15) is 13.2 Å². The van der Waals surface area contributed by atoms with Crippen LogP contribution in [0.1, 0.15) is 57.9 Å². The Bertz CT molecular complexity index is 821. The van der Waals surface area contributed by atoms with Crippen LogP contribution in [-0.4, -0.2) is 50.3 Å². The molecule has 7 heteroatoms. The molecule has 3 atom stereocenters. The van der Waals surface area contributed by atoms with E-state index in [-0.39, 0.29) is 17.0 Å². The number of nitrogens with one attached hydrogen (secondary N) is 1. The molecule has 1 aliphatic carbocycles. The van der Waals surface area contributed by atoms with Crippen molar-refractivity contribution in [3.63, 3.8) is 0 Å². The quantitative estimate of drug-likeness (QED) is 0.441. The van der Waals surface area contributed by atoms with Crippen LogP contribution in [0.25, 0.3) is 0 Å². The van der Waals surface area contributed by atoms with E-state index in [0.29, 0.717) is 24.9 Å². The second-order valence-corrected chi connectivity index (χ2v) is 11.1. The van der Waals surface area contributed by atoms with Gasteiger partial charge in [0.2, 0.25) is 10.0 Å². The molecular weight excluding hydrogens is 410 g/mol. The summed E-state index contributed by atoms with van der Waals surface area (Å²) in [5, 5.41) is 3.02. The highest BCUT2D eigenvalue weighted by Gasteiger charge is 2.30. The zero-order chi connectivity index (χ0) is 23.0. The Morgan fingerprint density at radius 3 is 2.45 bits per heavy atom. The molecular formula is C24H39N3O3S. The molecule has 1 aromatic rings. The number of hydrogen-bond acceptors (Lipinski definition) is 3.